The average molecular weight is 357 g/mol. The van der Waals surface area contributed by atoms with E-state index in [0.717, 1.165) is 16.7 Å². The highest BCUT2D eigenvalue weighted by Crippen LogP contribution is 2.36. The van der Waals surface area contributed by atoms with Crippen LogP contribution < -0.4 is 14.8 Å². The minimum absolute atomic E-state index is 0.00672. The predicted molar refractivity (Wildman–Crippen MR) is 99.4 cm³/mol. The van der Waals surface area contributed by atoms with Crippen LogP contribution in [0.5, 0.6) is 11.5 Å². The minimum Gasteiger partial charge on any atom is -0.493 e. The lowest BCUT2D eigenvalue weighted by atomic mass is 10.0. The molecule has 0 unspecified atom stereocenters. The number of aryl methyl sites for hydroxylation is 3. The molecule has 26 heavy (non-hydrogen) atoms. The summed E-state index contributed by atoms with van der Waals surface area (Å²) in [5.41, 5.74) is 3.67. The van der Waals surface area contributed by atoms with Crippen LogP contribution in [0, 0.1) is 13.8 Å². The number of nitrogens with one attached hydrogen (secondary N) is 1. The number of ether oxygens (including phenoxy) is 2. The molecule has 138 valence electrons. The van der Waals surface area contributed by atoms with E-state index in [0.29, 0.717) is 6.42 Å². The lowest BCUT2D eigenvalue weighted by molar-refractivity contribution is -0.116. The Balaban J connectivity index is 2.17. The number of carbonyl (C=O) groups excluding carboxylic acids is 1. The molecule has 2 aromatic rings. The Morgan fingerprint density at radius 3 is 2.19 bits per heavy atom. The van der Waals surface area contributed by atoms with E-state index in [1.807, 2.05) is 13.8 Å². The second kappa shape index (κ2) is 8.38. The number of carbonyl (C=O) groups is 2. The van der Waals surface area contributed by atoms with E-state index in [-0.39, 0.29) is 35.1 Å². The fourth-order valence-corrected chi connectivity index (χ4v) is 2.86. The molecule has 0 aliphatic carbocycles. The topological polar surface area (TPSA) is 84.9 Å². The van der Waals surface area contributed by atoms with E-state index in [1.54, 1.807) is 0 Å². The van der Waals surface area contributed by atoms with Crippen LogP contribution in [0.3, 0.4) is 0 Å². The van der Waals surface area contributed by atoms with Crippen LogP contribution in [0.1, 0.15) is 33.5 Å². The number of aromatic carboxylic acids is 1. The standard InChI is InChI=1S/C20H23NO5/c1-12-7-13(2)9-14(8-12)5-6-18(22)21-16-10-15(20(23)24)11-17(25-3)19(16)26-4/h7-11H,5-6H2,1-4H3,(H,21,22)(H,23,24). The van der Waals surface area contributed by atoms with Crippen LogP contribution in [0.2, 0.25) is 0 Å². The van der Waals surface area contributed by atoms with Gasteiger partial charge in [-0.2, -0.15) is 0 Å². The molecule has 0 heterocycles. The summed E-state index contributed by atoms with van der Waals surface area (Å²) in [4.78, 5) is 23.6. The first-order chi connectivity index (χ1) is 12.3. The van der Waals surface area contributed by atoms with Crippen molar-refractivity contribution in [3.05, 3.63) is 52.6 Å². The van der Waals surface area contributed by atoms with Crippen molar-refractivity contribution in [2.24, 2.45) is 0 Å². The molecule has 2 rings (SSSR count). The zero-order valence-electron chi connectivity index (χ0n) is 15.4. The van der Waals surface area contributed by atoms with Crippen LogP contribution in [0.15, 0.2) is 30.3 Å². The van der Waals surface area contributed by atoms with E-state index in [4.69, 9.17) is 9.47 Å². The Labute approximate surface area is 152 Å². The Kier molecular flexibility index (Phi) is 6.22. The Hall–Kier alpha value is -3.02. The van der Waals surface area contributed by atoms with Crippen molar-refractivity contribution in [2.75, 3.05) is 19.5 Å². The molecule has 2 aromatic carbocycles. The van der Waals surface area contributed by atoms with Crippen LogP contribution >= 0.6 is 0 Å². The third-order valence-corrected chi connectivity index (χ3v) is 3.92. The van der Waals surface area contributed by atoms with Crippen LogP contribution in [0.25, 0.3) is 0 Å². The fourth-order valence-electron chi connectivity index (χ4n) is 2.86. The van der Waals surface area contributed by atoms with Gasteiger partial charge in [-0.1, -0.05) is 29.3 Å². The number of methoxy groups -OCH3 is 2. The zero-order valence-corrected chi connectivity index (χ0v) is 15.4. The molecule has 6 nitrogen and oxygen atoms in total. The quantitative estimate of drug-likeness (QED) is 0.791. The molecule has 0 saturated heterocycles. The van der Waals surface area contributed by atoms with E-state index in [2.05, 4.69) is 23.5 Å². The number of anilines is 1. The second-order valence-electron chi connectivity index (χ2n) is 6.11. The average Bonchev–Trinajstić information content (AvgIpc) is 2.58. The van der Waals surface area contributed by atoms with Gasteiger partial charge in [-0.05, 0) is 38.0 Å². The molecule has 1 amide bonds. The molecule has 0 fully saturated rings. The zero-order chi connectivity index (χ0) is 19.3. The van der Waals surface area contributed by atoms with Gasteiger partial charge >= 0.3 is 5.97 Å². The highest BCUT2D eigenvalue weighted by Gasteiger charge is 2.17. The first-order valence-electron chi connectivity index (χ1n) is 8.20. The van der Waals surface area contributed by atoms with Crippen molar-refractivity contribution in [2.45, 2.75) is 26.7 Å². The lowest BCUT2D eigenvalue weighted by Crippen LogP contribution is -2.14. The molecule has 0 saturated carbocycles. The summed E-state index contributed by atoms with van der Waals surface area (Å²) in [6, 6.07) is 8.90. The van der Waals surface area contributed by atoms with Crippen LogP contribution in [0.4, 0.5) is 5.69 Å². The largest absolute Gasteiger partial charge is 0.493 e. The number of hydrogen-bond acceptors (Lipinski definition) is 4. The molecule has 0 aliphatic rings. The smallest absolute Gasteiger partial charge is 0.335 e. The normalized spacial score (nSPS) is 10.3. The van der Waals surface area contributed by atoms with E-state index < -0.39 is 5.97 Å². The Morgan fingerprint density at radius 2 is 1.65 bits per heavy atom. The van der Waals surface area contributed by atoms with Gasteiger partial charge in [-0.15, -0.1) is 0 Å². The SMILES string of the molecule is COc1cc(C(=O)O)cc(NC(=O)CCc2cc(C)cc(C)c2)c1OC. The summed E-state index contributed by atoms with van der Waals surface area (Å²) in [6.07, 6.45) is 0.859. The van der Waals surface area contributed by atoms with Gasteiger partial charge in [0.25, 0.3) is 0 Å². The molecule has 0 aromatic heterocycles. The molecule has 0 aliphatic heterocycles. The monoisotopic (exact) mass is 357 g/mol. The van der Waals surface area contributed by atoms with Crippen LogP contribution in [-0.2, 0) is 11.2 Å². The molecule has 0 spiro atoms. The maximum atomic E-state index is 12.3. The highest BCUT2D eigenvalue weighted by atomic mass is 16.5. The number of carboxylic acids is 1. The van der Waals surface area contributed by atoms with Gasteiger partial charge < -0.3 is 19.9 Å². The molecule has 0 atom stereocenters. The van der Waals surface area contributed by atoms with Gasteiger partial charge in [0.05, 0.1) is 25.5 Å². The summed E-state index contributed by atoms with van der Waals surface area (Å²) in [6.45, 7) is 4.04. The van der Waals surface area contributed by atoms with E-state index in [9.17, 15) is 14.7 Å². The number of benzene rings is 2. The van der Waals surface area contributed by atoms with Gasteiger partial charge in [0, 0.05) is 6.42 Å². The van der Waals surface area contributed by atoms with E-state index >= 15 is 0 Å². The van der Waals surface area contributed by atoms with Gasteiger partial charge in [-0.25, -0.2) is 4.79 Å². The van der Waals surface area contributed by atoms with Gasteiger partial charge in [0.15, 0.2) is 11.5 Å². The van der Waals surface area contributed by atoms with Crippen molar-refractivity contribution >= 4 is 17.6 Å². The summed E-state index contributed by atoms with van der Waals surface area (Å²) < 4.78 is 10.4. The fraction of sp³-hybridized carbons (Fsp3) is 0.300. The van der Waals surface area contributed by atoms with Crippen LogP contribution in [-0.4, -0.2) is 31.2 Å². The van der Waals surface area contributed by atoms with Crippen molar-refractivity contribution < 1.29 is 24.2 Å². The molecular formula is C20H23NO5. The maximum absolute atomic E-state index is 12.3. The number of amides is 1. The summed E-state index contributed by atoms with van der Waals surface area (Å²) in [5, 5.41) is 11.9. The minimum atomic E-state index is -1.11. The molecular weight excluding hydrogens is 334 g/mol. The Morgan fingerprint density at radius 1 is 1.00 bits per heavy atom. The summed E-state index contributed by atoms with van der Waals surface area (Å²) in [7, 11) is 2.85. The predicted octanol–water partition coefficient (Wildman–Crippen LogP) is 3.59. The van der Waals surface area contributed by atoms with Crippen molar-refractivity contribution in [3.8, 4) is 11.5 Å². The Bertz CT molecular complexity index is 809. The molecule has 0 radical (unpaired) electrons. The van der Waals surface area contributed by atoms with Gasteiger partial charge in [0.2, 0.25) is 5.91 Å². The third-order valence-electron chi connectivity index (χ3n) is 3.92. The third kappa shape index (κ3) is 4.75. The molecule has 2 N–H and O–H groups in total. The molecule has 0 bridgehead atoms. The van der Waals surface area contributed by atoms with E-state index in [1.165, 1.54) is 26.4 Å². The molecule has 6 heteroatoms. The first-order valence-corrected chi connectivity index (χ1v) is 8.20. The number of carboxylic acid groups (broad SMARTS) is 1. The number of rotatable bonds is 7. The maximum Gasteiger partial charge on any atom is 0.335 e. The lowest BCUT2D eigenvalue weighted by Gasteiger charge is -2.15. The summed E-state index contributed by atoms with van der Waals surface area (Å²) >= 11 is 0. The second-order valence-corrected chi connectivity index (χ2v) is 6.11. The summed E-state index contributed by atoms with van der Waals surface area (Å²) in [5.74, 6) is -0.807. The highest BCUT2D eigenvalue weighted by molar-refractivity contribution is 5.96. The van der Waals surface area contributed by atoms with Crippen molar-refractivity contribution in [1.82, 2.24) is 0 Å². The van der Waals surface area contributed by atoms with Crippen molar-refractivity contribution in [3.63, 3.8) is 0 Å². The van der Waals surface area contributed by atoms with Crippen molar-refractivity contribution in [1.29, 1.82) is 0 Å². The number of hydrogen-bond donors (Lipinski definition) is 2. The van der Waals surface area contributed by atoms with Gasteiger partial charge in [0.1, 0.15) is 0 Å². The first kappa shape index (κ1) is 19.3. The van der Waals surface area contributed by atoms with Gasteiger partial charge in [-0.3, -0.25) is 4.79 Å².